The Morgan fingerprint density at radius 3 is 2.00 bits per heavy atom. The van der Waals surface area contributed by atoms with Crippen molar-refractivity contribution in [2.45, 2.75) is 78.7 Å². The predicted octanol–water partition coefficient (Wildman–Crippen LogP) is 4.15. The molecule has 0 saturated heterocycles. The zero-order chi connectivity index (χ0) is 14.3. The van der Waals surface area contributed by atoms with Crippen molar-refractivity contribution in [3.63, 3.8) is 0 Å². The van der Waals surface area contributed by atoms with Gasteiger partial charge in [-0.1, -0.05) is 34.6 Å². The van der Waals surface area contributed by atoms with Crippen LogP contribution in [0, 0.1) is 0 Å². The Bertz CT molecular complexity index is 419. The van der Waals surface area contributed by atoms with Crippen LogP contribution in [-0.2, 0) is 11.0 Å². The molecule has 1 unspecified atom stereocenters. The fourth-order valence-corrected chi connectivity index (χ4v) is 2.07. The number of rotatable bonds is 2. The lowest BCUT2D eigenvalue weighted by atomic mass is 9.90. The van der Waals surface area contributed by atoms with Crippen molar-refractivity contribution in [3.05, 3.63) is 11.4 Å². The van der Waals surface area contributed by atoms with Gasteiger partial charge in [-0.05, 0) is 27.2 Å². The van der Waals surface area contributed by atoms with Crippen molar-refractivity contribution < 1.29 is 5.11 Å². The smallest absolute Gasteiger partial charge is 0.160 e. The standard InChI is InChI=1S/C15H28N2O/c1-9-10(2)11-12(18)13(14(3,4)5)16-17(11)15(6,7)8/h10,18H,9H2,1-8H3. The lowest BCUT2D eigenvalue weighted by Gasteiger charge is -2.24. The first-order valence-corrected chi connectivity index (χ1v) is 6.83. The van der Waals surface area contributed by atoms with Crippen LogP contribution in [0.25, 0.3) is 0 Å². The number of hydrogen-bond acceptors (Lipinski definition) is 2. The van der Waals surface area contributed by atoms with E-state index in [2.05, 4.69) is 60.5 Å². The lowest BCUT2D eigenvalue weighted by Crippen LogP contribution is -2.26. The highest BCUT2D eigenvalue weighted by Crippen LogP contribution is 2.39. The van der Waals surface area contributed by atoms with Gasteiger partial charge in [0, 0.05) is 11.3 Å². The van der Waals surface area contributed by atoms with Crippen LogP contribution < -0.4 is 0 Å². The van der Waals surface area contributed by atoms with Gasteiger partial charge in [0.05, 0.1) is 11.2 Å². The van der Waals surface area contributed by atoms with Crippen LogP contribution in [0.1, 0.15) is 79.1 Å². The van der Waals surface area contributed by atoms with Crippen LogP contribution in [0.2, 0.25) is 0 Å². The topological polar surface area (TPSA) is 38.1 Å². The summed E-state index contributed by atoms with van der Waals surface area (Å²) in [6, 6.07) is 0. The van der Waals surface area contributed by atoms with E-state index in [0.717, 1.165) is 17.8 Å². The van der Waals surface area contributed by atoms with Crippen molar-refractivity contribution in [2.75, 3.05) is 0 Å². The van der Waals surface area contributed by atoms with E-state index in [1.54, 1.807) is 0 Å². The molecule has 18 heavy (non-hydrogen) atoms. The van der Waals surface area contributed by atoms with Gasteiger partial charge in [-0.3, -0.25) is 4.68 Å². The van der Waals surface area contributed by atoms with E-state index in [9.17, 15) is 5.11 Å². The van der Waals surface area contributed by atoms with Crippen LogP contribution in [0.15, 0.2) is 0 Å². The maximum atomic E-state index is 10.5. The summed E-state index contributed by atoms with van der Waals surface area (Å²) in [6.45, 7) is 16.9. The molecule has 0 radical (unpaired) electrons. The quantitative estimate of drug-likeness (QED) is 0.858. The van der Waals surface area contributed by atoms with Crippen molar-refractivity contribution >= 4 is 0 Å². The fourth-order valence-electron chi connectivity index (χ4n) is 2.07. The molecule has 1 N–H and O–H groups in total. The molecule has 0 spiro atoms. The number of hydrogen-bond donors (Lipinski definition) is 1. The van der Waals surface area contributed by atoms with Crippen molar-refractivity contribution in [2.24, 2.45) is 0 Å². The minimum Gasteiger partial charge on any atom is -0.504 e. The van der Waals surface area contributed by atoms with E-state index in [1.807, 2.05) is 4.68 Å². The zero-order valence-corrected chi connectivity index (χ0v) is 13.1. The molecule has 0 bridgehead atoms. The molecule has 0 saturated carbocycles. The van der Waals surface area contributed by atoms with Crippen LogP contribution in [-0.4, -0.2) is 14.9 Å². The Morgan fingerprint density at radius 2 is 1.67 bits per heavy atom. The van der Waals surface area contributed by atoms with Gasteiger partial charge in [-0.25, -0.2) is 0 Å². The van der Waals surface area contributed by atoms with Crippen LogP contribution in [0.4, 0.5) is 0 Å². The van der Waals surface area contributed by atoms with Gasteiger partial charge in [0.15, 0.2) is 5.75 Å². The summed E-state index contributed by atoms with van der Waals surface area (Å²) in [5.74, 6) is 0.694. The Balaban J connectivity index is 3.52. The third-order valence-corrected chi connectivity index (χ3v) is 3.32. The highest BCUT2D eigenvalue weighted by Gasteiger charge is 2.31. The van der Waals surface area contributed by atoms with E-state index in [0.29, 0.717) is 11.7 Å². The second-order valence-electron chi connectivity index (χ2n) is 7.22. The van der Waals surface area contributed by atoms with Crippen LogP contribution in [0.3, 0.4) is 0 Å². The van der Waals surface area contributed by atoms with Gasteiger partial charge >= 0.3 is 0 Å². The Morgan fingerprint density at radius 1 is 1.17 bits per heavy atom. The second kappa shape index (κ2) is 4.60. The van der Waals surface area contributed by atoms with Crippen molar-refractivity contribution in [3.8, 4) is 5.75 Å². The summed E-state index contributed by atoms with van der Waals surface area (Å²) >= 11 is 0. The van der Waals surface area contributed by atoms with Crippen LogP contribution in [0.5, 0.6) is 5.75 Å². The van der Waals surface area contributed by atoms with Crippen molar-refractivity contribution in [1.82, 2.24) is 9.78 Å². The lowest BCUT2D eigenvalue weighted by molar-refractivity contribution is 0.328. The molecule has 3 heteroatoms. The summed E-state index contributed by atoms with van der Waals surface area (Å²) in [7, 11) is 0. The summed E-state index contributed by atoms with van der Waals surface area (Å²) in [5.41, 5.74) is 1.52. The SMILES string of the molecule is CCC(C)c1c(O)c(C(C)(C)C)nn1C(C)(C)C. The van der Waals surface area contributed by atoms with E-state index in [1.165, 1.54) is 0 Å². The molecule has 1 heterocycles. The molecule has 1 atom stereocenters. The van der Waals surface area contributed by atoms with Gasteiger partial charge in [-0.15, -0.1) is 0 Å². The van der Waals surface area contributed by atoms with E-state index >= 15 is 0 Å². The molecular formula is C15H28N2O. The van der Waals surface area contributed by atoms with E-state index in [4.69, 9.17) is 0 Å². The minimum absolute atomic E-state index is 0.111. The molecule has 1 rings (SSSR count). The summed E-state index contributed by atoms with van der Waals surface area (Å²) in [6.07, 6.45) is 0.999. The van der Waals surface area contributed by atoms with E-state index < -0.39 is 0 Å². The molecular weight excluding hydrogens is 224 g/mol. The first-order valence-electron chi connectivity index (χ1n) is 6.83. The Labute approximate surface area is 111 Å². The van der Waals surface area contributed by atoms with Gasteiger partial charge < -0.3 is 5.11 Å². The molecule has 0 fully saturated rings. The first kappa shape index (κ1) is 15.1. The largest absolute Gasteiger partial charge is 0.504 e. The highest BCUT2D eigenvalue weighted by atomic mass is 16.3. The molecule has 104 valence electrons. The number of aromatic nitrogens is 2. The molecule has 0 aromatic carbocycles. The molecule has 0 aliphatic carbocycles. The van der Waals surface area contributed by atoms with E-state index in [-0.39, 0.29) is 11.0 Å². The number of nitrogens with zero attached hydrogens (tertiary/aromatic N) is 2. The van der Waals surface area contributed by atoms with Gasteiger partial charge in [0.25, 0.3) is 0 Å². The average molecular weight is 252 g/mol. The molecule has 0 aliphatic rings. The summed E-state index contributed by atoms with van der Waals surface area (Å²) in [5, 5.41) is 15.2. The van der Waals surface area contributed by atoms with Gasteiger partial charge in [0.2, 0.25) is 0 Å². The third-order valence-electron chi connectivity index (χ3n) is 3.32. The highest BCUT2D eigenvalue weighted by molar-refractivity contribution is 5.39. The average Bonchev–Trinajstić information content (AvgIpc) is 2.53. The summed E-state index contributed by atoms with van der Waals surface area (Å²) < 4.78 is 2.00. The molecule has 1 aromatic rings. The zero-order valence-electron chi connectivity index (χ0n) is 13.1. The Hall–Kier alpha value is -0.990. The second-order valence-corrected chi connectivity index (χ2v) is 7.22. The monoisotopic (exact) mass is 252 g/mol. The van der Waals surface area contributed by atoms with Gasteiger partial charge in [0.1, 0.15) is 5.69 Å². The normalized spacial score (nSPS) is 14.9. The fraction of sp³-hybridized carbons (Fsp3) is 0.800. The maximum Gasteiger partial charge on any atom is 0.160 e. The number of aromatic hydroxyl groups is 1. The molecule has 0 amide bonds. The van der Waals surface area contributed by atoms with Crippen LogP contribution >= 0.6 is 0 Å². The maximum absolute atomic E-state index is 10.5. The Kier molecular flexibility index (Phi) is 3.85. The predicted molar refractivity (Wildman–Crippen MR) is 76.3 cm³/mol. The van der Waals surface area contributed by atoms with Gasteiger partial charge in [-0.2, -0.15) is 5.10 Å². The molecule has 0 aliphatic heterocycles. The summed E-state index contributed by atoms with van der Waals surface area (Å²) in [4.78, 5) is 0. The minimum atomic E-state index is -0.136. The van der Waals surface area contributed by atoms with Crippen molar-refractivity contribution in [1.29, 1.82) is 0 Å². The third kappa shape index (κ3) is 2.70. The molecule has 3 nitrogen and oxygen atoms in total. The first-order chi connectivity index (χ1) is 8.00. The molecule has 1 aromatic heterocycles.